The van der Waals surface area contributed by atoms with Gasteiger partial charge in [0.2, 0.25) is 0 Å². The molecule has 0 radical (unpaired) electrons. The number of aromatic amines is 1. The summed E-state index contributed by atoms with van der Waals surface area (Å²) in [6.07, 6.45) is 0.292. The van der Waals surface area contributed by atoms with Crippen molar-refractivity contribution in [2.45, 2.75) is 20.3 Å². The van der Waals surface area contributed by atoms with Crippen LogP contribution in [0, 0.1) is 13.8 Å². The van der Waals surface area contributed by atoms with Crippen molar-refractivity contribution < 1.29 is 9.53 Å². The molecule has 1 N–H and O–H groups in total. The van der Waals surface area contributed by atoms with Gasteiger partial charge in [0.25, 0.3) is 0 Å². The summed E-state index contributed by atoms with van der Waals surface area (Å²) in [7, 11) is 1.52. The van der Waals surface area contributed by atoms with Crippen LogP contribution in [0.5, 0.6) is 0 Å². The molecule has 90 valence electrons. The largest absolute Gasteiger partial charge is 0.377 e. The molecule has 0 aliphatic heterocycles. The summed E-state index contributed by atoms with van der Waals surface area (Å²) in [5.41, 5.74) is 4.32. The summed E-state index contributed by atoms with van der Waals surface area (Å²) in [5.74, 6) is 0.729. The molecule has 0 amide bonds. The maximum absolute atomic E-state index is 11.4. The van der Waals surface area contributed by atoms with Crippen LogP contribution in [0.15, 0.2) is 12.1 Å². The summed E-state index contributed by atoms with van der Waals surface area (Å²) >= 11 is 0. The number of carbonyl (C=O) groups is 1. The van der Waals surface area contributed by atoms with E-state index >= 15 is 0 Å². The molecule has 1 heterocycles. The molecule has 0 bridgehead atoms. The van der Waals surface area contributed by atoms with Crippen LogP contribution in [0.4, 0.5) is 0 Å². The standard InChI is InChI=1S/C13H16N2O2/c1-8-4-11-12(5-9(8)2)15-13(14-11)6-10(16)7-17-3/h4-5H,6-7H2,1-3H3,(H,14,15). The van der Waals surface area contributed by atoms with Crippen molar-refractivity contribution in [1.82, 2.24) is 9.97 Å². The van der Waals surface area contributed by atoms with Gasteiger partial charge in [-0.2, -0.15) is 0 Å². The van der Waals surface area contributed by atoms with Crippen molar-refractivity contribution in [3.05, 3.63) is 29.1 Å². The van der Waals surface area contributed by atoms with Gasteiger partial charge in [0.15, 0.2) is 5.78 Å². The maximum atomic E-state index is 11.4. The predicted octanol–water partition coefficient (Wildman–Crippen LogP) is 1.94. The van der Waals surface area contributed by atoms with Crippen molar-refractivity contribution >= 4 is 16.8 Å². The number of fused-ring (bicyclic) bond motifs is 1. The Hall–Kier alpha value is -1.68. The number of imidazole rings is 1. The first-order chi connectivity index (χ1) is 8.10. The molecule has 4 heteroatoms. The number of rotatable bonds is 4. The minimum atomic E-state index is 0.0278. The summed E-state index contributed by atoms with van der Waals surface area (Å²) in [6, 6.07) is 4.09. The number of hydrogen-bond acceptors (Lipinski definition) is 3. The van der Waals surface area contributed by atoms with E-state index in [0.29, 0.717) is 12.2 Å². The Balaban J connectivity index is 2.29. The van der Waals surface area contributed by atoms with Gasteiger partial charge < -0.3 is 9.72 Å². The normalized spacial score (nSPS) is 11.0. The van der Waals surface area contributed by atoms with Crippen LogP contribution in [0.1, 0.15) is 17.0 Å². The van der Waals surface area contributed by atoms with Gasteiger partial charge >= 0.3 is 0 Å². The van der Waals surface area contributed by atoms with Crippen LogP contribution in [-0.2, 0) is 16.0 Å². The molecular formula is C13H16N2O2. The molecule has 2 rings (SSSR count). The molecule has 4 nitrogen and oxygen atoms in total. The number of ether oxygens (including phenoxy) is 1. The monoisotopic (exact) mass is 232 g/mol. The van der Waals surface area contributed by atoms with Gasteiger partial charge in [-0.1, -0.05) is 0 Å². The number of nitrogens with one attached hydrogen (secondary N) is 1. The molecule has 0 spiro atoms. The fourth-order valence-electron chi connectivity index (χ4n) is 1.80. The number of hydrogen-bond donors (Lipinski definition) is 1. The second-order valence-corrected chi connectivity index (χ2v) is 4.29. The molecule has 0 fully saturated rings. The van der Waals surface area contributed by atoms with Gasteiger partial charge in [-0.15, -0.1) is 0 Å². The molecule has 0 atom stereocenters. The van der Waals surface area contributed by atoms with Crippen molar-refractivity contribution in [2.75, 3.05) is 13.7 Å². The zero-order valence-corrected chi connectivity index (χ0v) is 10.3. The van der Waals surface area contributed by atoms with Gasteiger partial charge in [-0.05, 0) is 37.1 Å². The highest BCUT2D eigenvalue weighted by Crippen LogP contribution is 2.17. The smallest absolute Gasteiger partial charge is 0.165 e. The predicted molar refractivity (Wildman–Crippen MR) is 66.2 cm³/mol. The van der Waals surface area contributed by atoms with E-state index in [9.17, 15) is 4.79 Å². The first kappa shape index (κ1) is 11.8. The van der Waals surface area contributed by atoms with Gasteiger partial charge in [-0.25, -0.2) is 4.98 Å². The van der Waals surface area contributed by atoms with Crippen LogP contribution in [-0.4, -0.2) is 29.5 Å². The molecule has 2 aromatic rings. The summed E-state index contributed by atoms with van der Waals surface area (Å²) in [5, 5.41) is 0. The number of H-pyrrole nitrogens is 1. The van der Waals surface area contributed by atoms with E-state index in [2.05, 4.69) is 29.9 Å². The van der Waals surface area contributed by atoms with Gasteiger partial charge in [-0.3, -0.25) is 4.79 Å². The Morgan fingerprint density at radius 1 is 1.35 bits per heavy atom. The Morgan fingerprint density at radius 3 is 2.76 bits per heavy atom. The highest BCUT2D eigenvalue weighted by atomic mass is 16.5. The van der Waals surface area contributed by atoms with Crippen LogP contribution < -0.4 is 0 Å². The topological polar surface area (TPSA) is 55.0 Å². The van der Waals surface area contributed by atoms with Crippen molar-refractivity contribution in [3.63, 3.8) is 0 Å². The molecule has 0 aliphatic carbocycles. The maximum Gasteiger partial charge on any atom is 0.165 e. The number of ketones is 1. The SMILES string of the molecule is COCC(=O)Cc1nc2cc(C)c(C)cc2[nH]1. The zero-order chi connectivity index (χ0) is 12.4. The van der Waals surface area contributed by atoms with Crippen molar-refractivity contribution in [1.29, 1.82) is 0 Å². The van der Waals surface area contributed by atoms with Crippen LogP contribution >= 0.6 is 0 Å². The number of nitrogens with zero attached hydrogens (tertiary/aromatic N) is 1. The molecule has 0 saturated carbocycles. The number of Topliss-reactive ketones (excluding diaryl/α,β-unsaturated/α-hetero) is 1. The van der Waals surface area contributed by atoms with Crippen LogP contribution in [0.25, 0.3) is 11.0 Å². The third kappa shape index (κ3) is 2.53. The second kappa shape index (κ2) is 4.67. The minimum absolute atomic E-state index is 0.0278. The Bertz CT molecular complexity index is 519. The third-order valence-electron chi connectivity index (χ3n) is 2.82. The van der Waals surface area contributed by atoms with E-state index in [-0.39, 0.29) is 12.4 Å². The summed E-state index contributed by atoms with van der Waals surface area (Å²) in [6.45, 7) is 4.25. The summed E-state index contributed by atoms with van der Waals surface area (Å²) < 4.78 is 4.80. The van der Waals surface area contributed by atoms with Crippen LogP contribution in [0.2, 0.25) is 0 Å². The molecular weight excluding hydrogens is 216 g/mol. The van der Waals surface area contributed by atoms with Gasteiger partial charge in [0.05, 0.1) is 17.5 Å². The molecule has 0 unspecified atom stereocenters. The van der Waals surface area contributed by atoms with Crippen molar-refractivity contribution in [2.24, 2.45) is 0 Å². The fraction of sp³-hybridized carbons (Fsp3) is 0.385. The first-order valence-electron chi connectivity index (χ1n) is 5.56. The average Bonchev–Trinajstić information content (AvgIpc) is 2.60. The number of benzene rings is 1. The molecule has 17 heavy (non-hydrogen) atoms. The number of aromatic nitrogens is 2. The molecule has 1 aromatic heterocycles. The first-order valence-corrected chi connectivity index (χ1v) is 5.56. The minimum Gasteiger partial charge on any atom is -0.377 e. The number of methoxy groups -OCH3 is 1. The molecule has 0 saturated heterocycles. The lowest BCUT2D eigenvalue weighted by molar-refractivity contribution is -0.122. The Labute approximate surface area is 100 Å². The van der Waals surface area contributed by atoms with Crippen LogP contribution in [0.3, 0.4) is 0 Å². The lowest BCUT2D eigenvalue weighted by Crippen LogP contribution is -2.10. The number of carbonyl (C=O) groups excluding carboxylic acids is 1. The lowest BCUT2D eigenvalue weighted by Gasteiger charge is -1.97. The second-order valence-electron chi connectivity index (χ2n) is 4.29. The van der Waals surface area contributed by atoms with E-state index < -0.39 is 0 Å². The molecule has 1 aromatic carbocycles. The van der Waals surface area contributed by atoms with E-state index in [4.69, 9.17) is 4.74 Å². The number of aryl methyl sites for hydroxylation is 2. The highest BCUT2D eigenvalue weighted by molar-refractivity contribution is 5.83. The average molecular weight is 232 g/mol. The summed E-state index contributed by atoms with van der Waals surface area (Å²) in [4.78, 5) is 19.0. The van der Waals surface area contributed by atoms with Crippen molar-refractivity contribution in [3.8, 4) is 0 Å². The highest BCUT2D eigenvalue weighted by Gasteiger charge is 2.08. The van der Waals surface area contributed by atoms with E-state index in [1.165, 1.54) is 18.2 Å². The fourth-order valence-corrected chi connectivity index (χ4v) is 1.80. The third-order valence-corrected chi connectivity index (χ3v) is 2.82. The quantitative estimate of drug-likeness (QED) is 0.876. The Kier molecular flexibility index (Phi) is 3.24. The lowest BCUT2D eigenvalue weighted by atomic mass is 10.1. The zero-order valence-electron chi connectivity index (χ0n) is 10.3. The van der Waals surface area contributed by atoms with E-state index in [0.717, 1.165) is 11.0 Å². The van der Waals surface area contributed by atoms with Gasteiger partial charge in [0, 0.05) is 7.11 Å². The van der Waals surface area contributed by atoms with E-state index in [1.54, 1.807) is 0 Å². The molecule has 0 aliphatic rings. The Morgan fingerprint density at radius 2 is 2.06 bits per heavy atom. The van der Waals surface area contributed by atoms with E-state index in [1.807, 2.05) is 6.07 Å². The van der Waals surface area contributed by atoms with Gasteiger partial charge in [0.1, 0.15) is 12.4 Å².